The molecule has 0 unspecified atom stereocenters. The number of nitrogen functional groups attached to an aromatic ring is 4. The van der Waals surface area contributed by atoms with Crippen LogP contribution in [-0.4, -0.2) is 153 Å². The quantitative estimate of drug-likeness (QED) is 0.0149. The largest absolute Gasteiger partial charge is 0.494 e. The van der Waals surface area contributed by atoms with Crippen LogP contribution < -0.4 is 38.9 Å². The van der Waals surface area contributed by atoms with Gasteiger partial charge in [0.05, 0.1) is 88.3 Å². The second-order valence-corrected chi connectivity index (χ2v) is 27.0. The third-order valence-electron chi connectivity index (χ3n) is 18.2. The molecule has 3 amide bonds. The number of halogens is 1. The smallest absolute Gasteiger partial charge is 0.335 e. The van der Waals surface area contributed by atoms with E-state index in [-0.39, 0.29) is 69.5 Å². The molecule has 2 aliphatic heterocycles. The maximum atomic E-state index is 12.5. The summed E-state index contributed by atoms with van der Waals surface area (Å²) in [6.07, 6.45) is 0.385. The number of nitrogens with zero attached hydrogens (tertiary/aromatic N) is 4. The van der Waals surface area contributed by atoms with Crippen molar-refractivity contribution in [3.05, 3.63) is 261 Å². The molecule has 2 aliphatic rings. The van der Waals surface area contributed by atoms with Crippen LogP contribution in [0, 0.1) is 0 Å². The van der Waals surface area contributed by atoms with Crippen LogP contribution in [0.4, 0.5) is 55.6 Å². The topological polar surface area (TPSA) is 447 Å². The first-order valence-corrected chi connectivity index (χ1v) is 35.7. The van der Waals surface area contributed by atoms with Crippen molar-refractivity contribution < 1.29 is 74.1 Å². The number of aromatic hydroxyl groups is 2. The normalized spacial score (nSPS) is 12.2. The van der Waals surface area contributed by atoms with E-state index in [1.54, 1.807) is 179 Å². The zero-order valence-electron chi connectivity index (χ0n) is 67.7. The molecule has 0 fully saturated rings. The highest BCUT2D eigenvalue weighted by Crippen LogP contribution is 2.36. The van der Waals surface area contributed by atoms with Crippen molar-refractivity contribution in [3.8, 4) is 11.8 Å². The van der Waals surface area contributed by atoms with Crippen LogP contribution in [0.3, 0.4) is 0 Å². The number of amides is 3. The minimum atomic E-state index is -1.00. The number of carboxylic acids is 2. The summed E-state index contributed by atoms with van der Waals surface area (Å²) in [5, 5.41) is 47.7. The Labute approximate surface area is 672 Å². The van der Waals surface area contributed by atoms with Gasteiger partial charge in [-0.15, -0.1) is 0 Å². The van der Waals surface area contributed by atoms with Gasteiger partial charge >= 0.3 is 11.9 Å². The van der Waals surface area contributed by atoms with Gasteiger partial charge in [0.2, 0.25) is 5.91 Å². The first-order valence-electron chi connectivity index (χ1n) is 36.4. The monoisotopic (exact) mass is 1580 g/mol. The van der Waals surface area contributed by atoms with E-state index < -0.39 is 19.1 Å². The number of Topliss-reactive ketones (excluding diaryl/α,β-unsaturated/α-hetero) is 4. The molecule has 0 aliphatic carbocycles. The molecule has 604 valence electrons. The number of hydrogen-bond acceptors (Lipinski definition) is 20. The number of nitrogens with two attached hydrogens (primary N) is 4. The number of benzene rings is 9. The number of aliphatic imine (C=N–C) groups is 2. The number of aromatic nitrogens is 2. The highest BCUT2D eigenvalue weighted by molar-refractivity contribution is 6.32. The van der Waals surface area contributed by atoms with Gasteiger partial charge in [-0.1, -0.05) is 24.3 Å². The molecule has 13 rings (SSSR count). The highest BCUT2D eigenvalue weighted by atomic mass is 19.1. The average Bonchev–Trinajstić information content (AvgIpc) is 1.65. The number of aromatic carboxylic acids is 2. The van der Waals surface area contributed by atoms with E-state index in [0.29, 0.717) is 124 Å². The Morgan fingerprint density at radius 1 is 0.517 bits per heavy atom. The van der Waals surface area contributed by atoms with Crippen molar-refractivity contribution in [1.29, 1.82) is 0 Å². The van der Waals surface area contributed by atoms with Gasteiger partial charge in [0.1, 0.15) is 5.72 Å². The van der Waals surface area contributed by atoms with Gasteiger partial charge < -0.3 is 78.9 Å². The minimum absolute atomic E-state index is 0.000921. The van der Waals surface area contributed by atoms with Gasteiger partial charge in [-0.05, 0) is 252 Å². The average molecular weight is 1580 g/mol. The lowest BCUT2D eigenvalue weighted by Crippen LogP contribution is -2.39. The number of anilines is 7. The number of nitrogens with one attached hydrogen (secondary N) is 5. The molecule has 27 nitrogen and oxygen atoms in total. The summed E-state index contributed by atoms with van der Waals surface area (Å²) in [4.78, 5) is 121. The Morgan fingerprint density at radius 2 is 0.905 bits per heavy atom. The first kappa shape index (κ1) is 88.8. The van der Waals surface area contributed by atoms with E-state index in [1.165, 1.54) is 52.0 Å². The van der Waals surface area contributed by atoms with E-state index in [1.807, 2.05) is 70.9 Å². The molecule has 28 heteroatoms. The van der Waals surface area contributed by atoms with Crippen LogP contribution in [0.15, 0.2) is 210 Å². The van der Waals surface area contributed by atoms with Crippen LogP contribution in [0.2, 0.25) is 0 Å². The number of para-hydroxylation sites is 4. The van der Waals surface area contributed by atoms with Crippen molar-refractivity contribution in [2.24, 2.45) is 9.98 Å². The van der Waals surface area contributed by atoms with Gasteiger partial charge in [0.15, 0.2) is 34.9 Å². The van der Waals surface area contributed by atoms with Gasteiger partial charge in [-0.25, -0.2) is 9.59 Å². The van der Waals surface area contributed by atoms with Crippen molar-refractivity contribution in [3.63, 3.8) is 0 Å². The number of carboxylic acid groups (broad SMARTS) is 2. The SMILES string of the molecule is CC(=O)c1ccc2[nH]c(O)c(C(C)=Nc3ccc(C(=O)Nc4ccccc4N)cc3)c2c1.CC(=O)c1ccc2[nH]c(O)c(C(C)=Nc3ccc(C(=O)O)cc3)c2c1.CC(=O)c1ccc2c(c1)/C(=C(\C)N(C)C)C(=O)N2.CC(=O)c1ccc2c(c1)CC(=O)N2.COC(C)(C)N(C)C.Nc1ccc(C(=O)O)cc1.Nc1ccccc1N.[2H]CF. The number of ether oxygens (including phenoxy) is 1. The summed E-state index contributed by atoms with van der Waals surface area (Å²) < 4.78 is 20.6. The number of alkyl halides is 1. The third-order valence-corrected chi connectivity index (χ3v) is 18.2. The molecule has 0 saturated carbocycles. The van der Waals surface area contributed by atoms with Gasteiger partial charge in [-0.2, -0.15) is 0 Å². The van der Waals surface area contributed by atoms with E-state index in [2.05, 4.69) is 35.9 Å². The molecule has 0 atom stereocenters. The van der Waals surface area contributed by atoms with Crippen molar-refractivity contribution in [2.45, 2.75) is 74.5 Å². The maximum absolute atomic E-state index is 12.5. The Balaban J connectivity index is 0.000000223. The molecule has 2 aromatic heterocycles. The molecule has 0 saturated heterocycles. The second-order valence-electron chi connectivity index (χ2n) is 27.0. The fourth-order valence-electron chi connectivity index (χ4n) is 10.9. The molecule has 0 radical (unpaired) electrons. The lowest BCUT2D eigenvalue weighted by Gasteiger charge is -2.30. The van der Waals surface area contributed by atoms with Crippen molar-refractivity contribution in [1.82, 2.24) is 19.8 Å². The fourth-order valence-corrected chi connectivity index (χ4v) is 10.9. The summed E-state index contributed by atoms with van der Waals surface area (Å²) in [7, 11) is 8.47. The number of carbonyl (C=O) groups is 9. The Morgan fingerprint density at radius 3 is 1.30 bits per heavy atom. The second kappa shape index (κ2) is 41.2. The zero-order valence-corrected chi connectivity index (χ0v) is 66.7. The number of allylic oxidation sites excluding steroid dienone is 1. The molecule has 4 heterocycles. The van der Waals surface area contributed by atoms with Crippen LogP contribution in [-0.2, 0) is 20.7 Å². The minimum Gasteiger partial charge on any atom is -0.494 e. The van der Waals surface area contributed by atoms with Crippen LogP contribution in [0.5, 0.6) is 11.8 Å². The number of rotatable bonds is 15. The van der Waals surface area contributed by atoms with Crippen LogP contribution in [0.25, 0.3) is 27.4 Å². The molecule has 11 aromatic rings. The molecular formula is C88H96FN13O14. The number of H-pyrrole nitrogens is 2. The summed E-state index contributed by atoms with van der Waals surface area (Å²) in [5.41, 5.74) is 37.7. The fraction of sp³-hybridized carbons (Fsp3) is 0.193. The van der Waals surface area contributed by atoms with Crippen LogP contribution in [0.1, 0.15) is 158 Å². The summed E-state index contributed by atoms with van der Waals surface area (Å²) in [6.45, 7) is 15.5. The maximum Gasteiger partial charge on any atom is 0.335 e. The Hall–Kier alpha value is -14.4. The Kier molecular flexibility index (Phi) is 31.6. The standard InChI is InChI=1S/C25H22N4O3.C19H16N2O4.C14H16N2O2.C10H9NO2.C7H7NO2.C6H8N2.C6H15NO.CH3F/c1-14(23-19-13-17(15(2)30)9-12-21(19)28-25(23)32)27-18-10-7-16(8-11-18)24(31)29-22-6-4-3-5-20(22)26;1-10(20-14-6-3-12(4-7-14)19(24)25)17-15-9-13(11(2)22)5-8-16(15)21-18(17)23;1-8(16(3)4)13-11-7-10(9(2)17)5-6-12(11)15-14(13)18;1-6(12)7-2-3-9-8(4-7)5-10(13)11-9;8-6-3-1-5(2-4-6)7(9)10;7-5-3-1-2-4-6(5)8;1-6(2,8-5)7(3)4;1-2/h3-13,28,32H,26H2,1-2H3,(H,29,31);3-9,21,23H,1-2H3,(H,24,25);5-7H,1-4H3,(H,15,18);2-4H,5H2,1H3,(H,11,13);1-4H,8H2,(H,9,10);1-4H,7-8H2;1-5H3;1H3/b;;13-8-;;;;;/i;;;;;;;1D. The summed E-state index contributed by atoms with van der Waals surface area (Å²) in [6, 6.07) is 54.2. The predicted molar refractivity (Wildman–Crippen MR) is 457 cm³/mol. The molecule has 9 aromatic carbocycles. The zero-order chi connectivity index (χ0) is 86.9. The third kappa shape index (κ3) is 24.6. The highest BCUT2D eigenvalue weighted by Gasteiger charge is 2.28. The van der Waals surface area contributed by atoms with E-state index >= 15 is 0 Å². The first-order chi connectivity index (χ1) is 55.2. The Bertz CT molecular complexity index is 5560. The van der Waals surface area contributed by atoms with E-state index in [0.717, 1.165) is 28.2 Å². The summed E-state index contributed by atoms with van der Waals surface area (Å²) >= 11 is 0. The number of ketones is 4. The number of carbonyl (C=O) groups excluding carboxylic acids is 7. The lowest BCUT2D eigenvalue weighted by atomic mass is 10.0. The molecule has 17 N–H and O–H groups in total. The van der Waals surface area contributed by atoms with Crippen molar-refractivity contribution >= 4 is 143 Å². The number of hydrogen-bond donors (Lipinski definition) is 13. The van der Waals surface area contributed by atoms with Gasteiger partial charge in [-0.3, -0.25) is 52.8 Å². The van der Waals surface area contributed by atoms with Crippen molar-refractivity contribution in [2.75, 3.05) is 81.3 Å². The summed E-state index contributed by atoms with van der Waals surface area (Å²) in [5.74, 6) is -2.46. The number of methoxy groups -OCH3 is 1. The van der Waals surface area contributed by atoms with Gasteiger partial charge in [0.25, 0.3) is 11.8 Å². The van der Waals surface area contributed by atoms with E-state index in [9.17, 15) is 57.8 Å². The van der Waals surface area contributed by atoms with E-state index in [4.69, 9.17) is 39.3 Å². The lowest BCUT2D eigenvalue weighted by molar-refractivity contribution is -0.115. The van der Waals surface area contributed by atoms with Crippen LogP contribution >= 0.6 is 0 Å². The molecule has 0 bridgehead atoms. The molecule has 116 heavy (non-hydrogen) atoms. The predicted octanol–water partition coefficient (Wildman–Crippen LogP) is 15.8. The molecule has 0 spiro atoms. The number of aromatic amines is 2. The van der Waals surface area contributed by atoms with Gasteiger partial charge in [0, 0.05) is 99.2 Å². The molecular weight excluding hydrogens is 1480 g/mol. The number of fused-ring (bicyclic) bond motifs is 4.